The van der Waals surface area contributed by atoms with Gasteiger partial charge in [0.1, 0.15) is 6.04 Å². The van der Waals surface area contributed by atoms with Crippen LogP contribution in [0.5, 0.6) is 0 Å². The minimum absolute atomic E-state index is 0.135. The van der Waals surface area contributed by atoms with Crippen molar-refractivity contribution in [3.05, 3.63) is 59.4 Å². The second-order valence-electron chi connectivity index (χ2n) is 6.15. The molecule has 3 rings (SSSR count). The van der Waals surface area contributed by atoms with Gasteiger partial charge < -0.3 is 15.1 Å². The monoisotopic (exact) mass is 382 g/mol. The van der Waals surface area contributed by atoms with Crippen LogP contribution in [0.2, 0.25) is 5.02 Å². The molecule has 7 heteroatoms. The first-order chi connectivity index (χ1) is 13.1. The molecule has 2 aromatic rings. The van der Waals surface area contributed by atoms with Gasteiger partial charge in [-0.05, 0) is 30.2 Å². The SMILES string of the molecule is C#CCN(Cc1cccnc1)C(=O)NC1CCN(c2ccccc2Cl)C1=O. The van der Waals surface area contributed by atoms with E-state index in [2.05, 4.69) is 16.2 Å². The fourth-order valence-corrected chi connectivity index (χ4v) is 3.22. The summed E-state index contributed by atoms with van der Waals surface area (Å²) in [4.78, 5) is 32.5. The Labute approximate surface area is 163 Å². The van der Waals surface area contributed by atoms with Crippen LogP contribution in [0.3, 0.4) is 0 Å². The average Bonchev–Trinajstić information content (AvgIpc) is 3.03. The molecule has 1 atom stereocenters. The van der Waals surface area contributed by atoms with Crippen molar-refractivity contribution in [3.63, 3.8) is 0 Å². The van der Waals surface area contributed by atoms with Crippen molar-refractivity contribution in [1.82, 2.24) is 15.2 Å². The van der Waals surface area contributed by atoms with Crippen LogP contribution in [0, 0.1) is 12.3 Å². The molecular formula is C20H19ClN4O2. The third-order valence-corrected chi connectivity index (χ3v) is 4.63. The summed E-state index contributed by atoms with van der Waals surface area (Å²) in [6.45, 7) is 0.945. The van der Waals surface area contributed by atoms with Gasteiger partial charge >= 0.3 is 6.03 Å². The zero-order valence-electron chi connectivity index (χ0n) is 14.6. The lowest BCUT2D eigenvalue weighted by atomic mass is 10.2. The maximum absolute atomic E-state index is 12.7. The molecule has 1 N–H and O–H groups in total. The lowest BCUT2D eigenvalue weighted by molar-refractivity contribution is -0.118. The molecule has 2 heterocycles. The summed E-state index contributed by atoms with van der Waals surface area (Å²) in [5.74, 6) is 2.30. The Morgan fingerprint density at radius 3 is 2.89 bits per heavy atom. The number of halogens is 1. The first-order valence-electron chi connectivity index (χ1n) is 8.54. The Bertz CT molecular complexity index is 866. The van der Waals surface area contributed by atoms with E-state index in [1.807, 2.05) is 18.2 Å². The number of rotatable bonds is 5. The van der Waals surface area contributed by atoms with Gasteiger partial charge in [0.05, 0.1) is 17.3 Å². The summed E-state index contributed by atoms with van der Waals surface area (Å²) < 4.78 is 0. The smallest absolute Gasteiger partial charge is 0.319 e. The van der Waals surface area contributed by atoms with Crippen molar-refractivity contribution in [3.8, 4) is 12.3 Å². The van der Waals surface area contributed by atoms with Gasteiger partial charge in [-0.25, -0.2) is 4.79 Å². The molecule has 0 aliphatic carbocycles. The number of nitrogens with zero attached hydrogens (tertiary/aromatic N) is 3. The van der Waals surface area contributed by atoms with Crippen LogP contribution in [0.4, 0.5) is 10.5 Å². The van der Waals surface area contributed by atoms with Crippen LogP contribution in [0.1, 0.15) is 12.0 Å². The molecule has 1 fully saturated rings. The number of carbonyl (C=O) groups excluding carboxylic acids is 2. The highest BCUT2D eigenvalue weighted by atomic mass is 35.5. The fraction of sp³-hybridized carbons (Fsp3) is 0.250. The Kier molecular flexibility index (Phi) is 5.94. The number of hydrogen-bond acceptors (Lipinski definition) is 3. The summed E-state index contributed by atoms with van der Waals surface area (Å²) in [7, 11) is 0. The number of benzene rings is 1. The number of carbonyl (C=O) groups is 2. The highest BCUT2D eigenvalue weighted by Crippen LogP contribution is 2.29. The second-order valence-corrected chi connectivity index (χ2v) is 6.56. The standard InChI is InChI=1S/C20H19ClN4O2/c1-2-11-24(14-15-6-5-10-22-13-15)20(27)23-17-9-12-25(19(17)26)18-8-4-3-7-16(18)21/h1,3-8,10,13,17H,9,11-12,14H2,(H,23,27). The van der Waals surface area contributed by atoms with Crippen molar-refractivity contribution in [1.29, 1.82) is 0 Å². The van der Waals surface area contributed by atoms with Gasteiger partial charge in [0.2, 0.25) is 5.91 Å². The summed E-state index contributed by atoms with van der Waals surface area (Å²) in [5.41, 5.74) is 1.51. The van der Waals surface area contributed by atoms with Crippen molar-refractivity contribution >= 4 is 29.2 Å². The predicted octanol–water partition coefficient (Wildman–Crippen LogP) is 2.69. The molecule has 0 saturated carbocycles. The lowest BCUT2D eigenvalue weighted by Crippen LogP contribution is -2.47. The van der Waals surface area contributed by atoms with Crippen molar-refractivity contribution < 1.29 is 9.59 Å². The number of anilines is 1. The number of para-hydroxylation sites is 1. The Morgan fingerprint density at radius 2 is 2.19 bits per heavy atom. The van der Waals surface area contributed by atoms with Crippen LogP contribution in [0.15, 0.2) is 48.8 Å². The lowest BCUT2D eigenvalue weighted by Gasteiger charge is -2.23. The van der Waals surface area contributed by atoms with Gasteiger partial charge in [-0.15, -0.1) is 6.42 Å². The van der Waals surface area contributed by atoms with Gasteiger partial charge in [-0.3, -0.25) is 9.78 Å². The summed E-state index contributed by atoms with van der Waals surface area (Å²) in [6, 6.07) is 9.83. The van der Waals surface area contributed by atoms with Gasteiger partial charge in [0.25, 0.3) is 0 Å². The van der Waals surface area contributed by atoms with Gasteiger partial charge in [-0.1, -0.05) is 35.7 Å². The average molecular weight is 383 g/mol. The van der Waals surface area contributed by atoms with E-state index < -0.39 is 6.04 Å². The van der Waals surface area contributed by atoms with E-state index in [0.29, 0.717) is 30.2 Å². The van der Waals surface area contributed by atoms with E-state index in [1.165, 1.54) is 4.90 Å². The molecule has 3 amide bonds. The summed E-state index contributed by atoms with van der Waals surface area (Å²) in [6.07, 6.45) is 9.24. The van der Waals surface area contributed by atoms with Crippen LogP contribution in [0.25, 0.3) is 0 Å². The molecule has 1 aromatic heterocycles. The zero-order chi connectivity index (χ0) is 19.2. The Balaban J connectivity index is 1.67. The molecule has 0 radical (unpaired) electrons. The molecule has 0 spiro atoms. The molecule has 138 valence electrons. The molecule has 1 unspecified atom stereocenters. The highest BCUT2D eigenvalue weighted by molar-refractivity contribution is 6.34. The van der Waals surface area contributed by atoms with E-state index in [4.69, 9.17) is 18.0 Å². The molecule has 1 aromatic carbocycles. The van der Waals surface area contributed by atoms with Crippen molar-refractivity contribution in [2.45, 2.75) is 19.0 Å². The van der Waals surface area contributed by atoms with Crippen LogP contribution in [-0.2, 0) is 11.3 Å². The van der Waals surface area contributed by atoms with E-state index in [1.54, 1.807) is 35.5 Å². The molecule has 1 saturated heterocycles. The van der Waals surface area contributed by atoms with E-state index in [0.717, 1.165) is 5.56 Å². The maximum Gasteiger partial charge on any atom is 0.319 e. The number of aromatic nitrogens is 1. The van der Waals surface area contributed by atoms with E-state index >= 15 is 0 Å². The third kappa shape index (κ3) is 4.39. The number of hydrogen-bond donors (Lipinski definition) is 1. The normalized spacial score (nSPS) is 16.1. The first kappa shape index (κ1) is 18.7. The Morgan fingerprint density at radius 1 is 1.37 bits per heavy atom. The van der Waals surface area contributed by atoms with Gasteiger partial charge in [-0.2, -0.15) is 0 Å². The van der Waals surface area contributed by atoms with Crippen LogP contribution < -0.4 is 10.2 Å². The number of amides is 3. The second kappa shape index (κ2) is 8.56. The minimum atomic E-state index is -0.608. The van der Waals surface area contributed by atoms with E-state index in [-0.39, 0.29) is 18.5 Å². The summed E-state index contributed by atoms with van der Waals surface area (Å²) >= 11 is 6.19. The maximum atomic E-state index is 12.7. The van der Waals surface area contributed by atoms with Crippen molar-refractivity contribution in [2.75, 3.05) is 18.0 Å². The molecule has 0 bridgehead atoms. The molecule has 6 nitrogen and oxygen atoms in total. The number of pyridine rings is 1. The summed E-state index contributed by atoms with van der Waals surface area (Å²) in [5, 5.41) is 3.29. The number of terminal acetylenes is 1. The molecule has 27 heavy (non-hydrogen) atoms. The topological polar surface area (TPSA) is 65.5 Å². The van der Waals surface area contributed by atoms with Gasteiger partial charge in [0.15, 0.2) is 0 Å². The number of nitrogens with one attached hydrogen (secondary N) is 1. The van der Waals surface area contributed by atoms with Crippen LogP contribution >= 0.6 is 11.6 Å². The van der Waals surface area contributed by atoms with E-state index in [9.17, 15) is 9.59 Å². The van der Waals surface area contributed by atoms with Crippen LogP contribution in [-0.4, -0.2) is 41.0 Å². The first-order valence-corrected chi connectivity index (χ1v) is 8.91. The zero-order valence-corrected chi connectivity index (χ0v) is 15.4. The molecular weight excluding hydrogens is 364 g/mol. The fourth-order valence-electron chi connectivity index (χ4n) is 2.99. The molecule has 1 aliphatic rings. The quantitative estimate of drug-likeness (QED) is 0.808. The van der Waals surface area contributed by atoms with Crippen molar-refractivity contribution in [2.24, 2.45) is 0 Å². The highest BCUT2D eigenvalue weighted by Gasteiger charge is 2.35. The predicted molar refractivity (Wildman–Crippen MR) is 104 cm³/mol. The van der Waals surface area contributed by atoms with Gasteiger partial charge in [0, 0.05) is 25.5 Å². The third-order valence-electron chi connectivity index (χ3n) is 4.31. The Hall–Kier alpha value is -3.04. The molecule has 1 aliphatic heterocycles. The number of urea groups is 1. The largest absolute Gasteiger partial charge is 0.326 e. The minimum Gasteiger partial charge on any atom is -0.326 e.